The third kappa shape index (κ3) is 2.25. The van der Waals surface area contributed by atoms with Gasteiger partial charge in [0.15, 0.2) is 0 Å². The summed E-state index contributed by atoms with van der Waals surface area (Å²) in [6, 6.07) is -0.331. The molecule has 0 aromatic heterocycles. The highest BCUT2D eigenvalue weighted by Crippen LogP contribution is 2.28. The number of carboxylic acid groups (broad SMARTS) is 1. The number of aliphatic carboxylic acids is 1. The van der Waals surface area contributed by atoms with Gasteiger partial charge >= 0.3 is 18.0 Å². The quantitative estimate of drug-likeness (QED) is 0.734. The van der Waals surface area contributed by atoms with Gasteiger partial charge in [-0.1, -0.05) is 0 Å². The Balaban J connectivity index is 2.11. The van der Waals surface area contributed by atoms with Gasteiger partial charge in [-0.3, -0.25) is 4.79 Å². The summed E-state index contributed by atoms with van der Waals surface area (Å²) in [6.45, 7) is 5.11. The zero-order valence-electron chi connectivity index (χ0n) is 11.7. The molecule has 0 aliphatic carbocycles. The second kappa shape index (κ2) is 5.56. The van der Waals surface area contributed by atoms with Crippen LogP contribution in [0.1, 0.15) is 26.7 Å². The summed E-state index contributed by atoms with van der Waals surface area (Å²) in [5.74, 6) is -0.883. The Labute approximate surface area is 117 Å². The summed E-state index contributed by atoms with van der Waals surface area (Å²) in [5, 5.41) is 11.5. The molecule has 2 aliphatic heterocycles. The van der Waals surface area contributed by atoms with Gasteiger partial charge < -0.3 is 25.1 Å². The van der Waals surface area contributed by atoms with Gasteiger partial charge in [-0.2, -0.15) is 0 Å². The average Bonchev–Trinajstić information content (AvgIpc) is 2.82. The Kier molecular flexibility index (Phi) is 4.01. The molecule has 20 heavy (non-hydrogen) atoms. The van der Waals surface area contributed by atoms with Crippen molar-refractivity contribution in [3.05, 3.63) is 0 Å². The first-order valence-electron chi connectivity index (χ1n) is 6.87. The van der Waals surface area contributed by atoms with Crippen LogP contribution in [0.15, 0.2) is 0 Å². The first kappa shape index (κ1) is 14.4. The highest BCUT2D eigenvalue weighted by molar-refractivity contribution is 5.85. The lowest BCUT2D eigenvalue weighted by atomic mass is 10.2. The lowest BCUT2D eigenvalue weighted by Gasteiger charge is -2.28. The minimum absolute atomic E-state index is 0.0126. The summed E-state index contributed by atoms with van der Waals surface area (Å²) in [5.41, 5.74) is 0. The van der Waals surface area contributed by atoms with Crippen molar-refractivity contribution in [2.24, 2.45) is 0 Å². The van der Waals surface area contributed by atoms with E-state index < -0.39 is 5.97 Å². The lowest BCUT2D eigenvalue weighted by molar-refractivity contribution is -0.137. The number of hydrogen-bond acceptors (Lipinski definition) is 3. The Morgan fingerprint density at radius 2 is 1.85 bits per heavy atom. The molecule has 2 N–H and O–H groups in total. The molecule has 4 amide bonds. The van der Waals surface area contributed by atoms with E-state index in [1.54, 1.807) is 14.7 Å². The van der Waals surface area contributed by atoms with Gasteiger partial charge in [0.2, 0.25) is 0 Å². The molecule has 2 atom stereocenters. The number of urea groups is 2. The molecular formula is C12H20N4O4. The average molecular weight is 284 g/mol. The molecule has 2 heterocycles. The minimum Gasteiger partial charge on any atom is -0.481 e. The molecule has 8 nitrogen and oxygen atoms in total. The maximum atomic E-state index is 12.2. The van der Waals surface area contributed by atoms with E-state index in [0.29, 0.717) is 26.1 Å². The van der Waals surface area contributed by atoms with Crippen LogP contribution in [-0.4, -0.2) is 69.8 Å². The summed E-state index contributed by atoms with van der Waals surface area (Å²) < 4.78 is 0. The molecule has 8 heteroatoms. The first-order chi connectivity index (χ1) is 9.51. The van der Waals surface area contributed by atoms with Crippen LogP contribution in [0.4, 0.5) is 9.59 Å². The summed E-state index contributed by atoms with van der Waals surface area (Å²) >= 11 is 0. The SMILES string of the molecule is CCN1C(=O)N(CC)C2C1NC(=O)N2CCCC(=O)O. The number of carboxylic acids is 1. The number of nitrogens with one attached hydrogen (secondary N) is 1. The van der Waals surface area contributed by atoms with Gasteiger partial charge in [-0.15, -0.1) is 0 Å². The van der Waals surface area contributed by atoms with Gasteiger partial charge in [0, 0.05) is 26.1 Å². The molecular weight excluding hydrogens is 264 g/mol. The number of amides is 4. The minimum atomic E-state index is -0.883. The van der Waals surface area contributed by atoms with Crippen molar-refractivity contribution < 1.29 is 19.5 Å². The smallest absolute Gasteiger partial charge is 0.323 e. The maximum absolute atomic E-state index is 12.2. The standard InChI is InChI=1S/C12H20N4O4/c1-3-14-9-10(15(4-2)12(14)20)16(11(19)13-9)7-5-6-8(17)18/h9-10H,3-7H2,1-2H3,(H,13,19)(H,17,18). The number of likely N-dealkylation sites (N-methyl/N-ethyl adjacent to an activating group) is 2. The highest BCUT2D eigenvalue weighted by Gasteiger charge is 2.53. The zero-order valence-corrected chi connectivity index (χ0v) is 11.7. The Morgan fingerprint density at radius 1 is 1.20 bits per heavy atom. The highest BCUT2D eigenvalue weighted by atomic mass is 16.4. The molecule has 2 unspecified atom stereocenters. The van der Waals surface area contributed by atoms with Crippen LogP contribution >= 0.6 is 0 Å². The predicted octanol–water partition coefficient (Wildman–Crippen LogP) is 0.306. The van der Waals surface area contributed by atoms with E-state index in [1.165, 1.54) is 0 Å². The largest absolute Gasteiger partial charge is 0.481 e. The van der Waals surface area contributed by atoms with Gasteiger partial charge in [-0.05, 0) is 20.3 Å². The molecule has 2 rings (SSSR count). The van der Waals surface area contributed by atoms with Crippen molar-refractivity contribution in [2.75, 3.05) is 19.6 Å². The van der Waals surface area contributed by atoms with Crippen molar-refractivity contribution in [1.29, 1.82) is 0 Å². The summed E-state index contributed by atoms with van der Waals surface area (Å²) in [7, 11) is 0. The van der Waals surface area contributed by atoms with Gasteiger partial charge in [0.25, 0.3) is 0 Å². The molecule has 2 saturated heterocycles. The van der Waals surface area contributed by atoms with Crippen molar-refractivity contribution in [1.82, 2.24) is 20.0 Å². The molecule has 0 aromatic carbocycles. The molecule has 0 aromatic rings. The van der Waals surface area contributed by atoms with Crippen molar-refractivity contribution in [2.45, 2.75) is 39.0 Å². The monoisotopic (exact) mass is 284 g/mol. The Hall–Kier alpha value is -1.99. The molecule has 0 bridgehead atoms. The number of nitrogens with zero attached hydrogens (tertiary/aromatic N) is 3. The van der Waals surface area contributed by atoms with Crippen LogP contribution in [0.2, 0.25) is 0 Å². The Morgan fingerprint density at radius 3 is 2.40 bits per heavy atom. The van der Waals surface area contributed by atoms with Crippen LogP contribution in [-0.2, 0) is 4.79 Å². The normalized spacial score (nSPS) is 25.2. The van der Waals surface area contributed by atoms with Crippen LogP contribution < -0.4 is 5.32 Å². The molecule has 0 saturated carbocycles. The number of rotatable bonds is 6. The van der Waals surface area contributed by atoms with E-state index >= 15 is 0 Å². The number of carbonyl (C=O) groups excluding carboxylic acids is 2. The summed E-state index contributed by atoms with van der Waals surface area (Å²) in [4.78, 5) is 39.6. The molecule has 0 spiro atoms. The van der Waals surface area contributed by atoms with Crippen LogP contribution in [0.5, 0.6) is 0 Å². The lowest BCUT2D eigenvalue weighted by Crippen LogP contribution is -2.46. The van der Waals surface area contributed by atoms with E-state index in [9.17, 15) is 14.4 Å². The van der Waals surface area contributed by atoms with Crippen LogP contribution in [0, 0.1) is 0 Å². The second-order valence-corrected chi connectivity index (χ2v) is 4.85. The van der Waals surface area contributed by atoms with Gasteiger partial charge in [0.05, 0.1) is 0 Å². The van der Waals surface area contributed by atoms with Gasteiger partial charge in [0.1, 0.15) is 12.3 Å². The van der Waals surface area contributed by atoms with E-state index in [0.717, 1.165) is 0 Å². The van der Waals surface area contributed by atoms with Crippen molar-refractivity contribution in [3.63, 3.8) is 0 Å². The molecule has 0 radical (unpaired) electrons. The van der Waals surface area contributed by atoms with Gasteiger partial charge in [-0.25, -0.2) is 9.59 Å². The van der Waals surface area contributed by atoms with E-state index in [-0.39, 0.29) is 30.8 Å². The van der Waals surface area contributed by atoms with Crippen molar-refractivity contribution >= 4 is 18.0 Å². The fraction of sp³-hybridized carbons (Fsp3) is 0.750. The number of fused-ring (bicyclic) bond motifs is 1. The van der Waals surface area contributed by atoms with E-state index in [1.807, 2.05) is 13.8 Å². The first-order valence-corrected chi connectivity index (χ1v) is 6.87. The van der Waals surface area contributed by atoms with Crippen LogP contribution in [0.3, 0.4) is 0 Å². The number of hydrogen-bond donors (Lipinski definition) is 2. The number of carbonyl (C=O) groups is 3. The topological polar surface area (TPSA) is 93.2 Å². The second-order valence-electron chi connectivity index (χ2n) is 4.85. The Bertz CT molecular complexity index is 428. The third-order valence-corrected chi connectivity index (χ3v) is 3.75. The predicted molar refractivity (Wildman–Crippen MR) is 69.8 cm³/mol. The van der Waals surface area contributed by atoms with Crippen LogP contribution in [0.25, 0.3) is 0 Å². The maximum Gasteiger partial charge on any atom is 0.323 e. The molecule has 2 aliphatic rings. The third-order valence-electron chi connectivity index (χ3n) is 3.75. The van der Waals surface area contributed by atoms with E-state index in [2.05, 4.69) is 5.32 Å². The van der Waals surface area contributed by atoms with Crippen molar-refractivity contribution in [3.8, 4) is 0 Å². The fourth-order valence-electron chi connectivity index (χ4n) is 2.84. The molecule has 112 valence electrons. The zero-order chi connectivity index (χ0) is 14.9. The summed E-state index contributed by atoms with van der Waals surface area (Å²) in [6.07, 6.45) is -0.290. The fourth-order valence-corrected chi connectivity index (χ4v) is 2.84. The van der Waals surface area contributed by atoms with E-state index in [4.69, 9.17) is 5.11 Å². The molecule has 2 fully saturated rings.